The van der Waals surface area contributed by atoms with Gasteiger partial charge in [-0.05, 0) is 61.8 Å². The molecule has 0 saturated carbocycles. The lowest BCUT2D eigenvalue weighted by Gasteiger charge is -2.14. The Morgan fingerprint density at radius 2 is 2.24 bits per heavy atom. The van der Waals surface area contributed by atoms with Crippen molar-refractivity contribution in [3.05, 3.63) is 29.3 Å². The predicted molar refractivity (Wildman–Crippen MR) is 82.4 cm³/mol. The lowest BCUT2D eigenvalue weighted by Crippen LogP contribution is -2.13. The fraction of sp³-hybridized carbons (Fsp3) is 0.588. The number of hydrogen-bond acceptors (Lipinski definition) is 4. The highest BCUT2D eigenvalue weighted by Crippen LogP contribution is 2.29. The molecule has 0 aromatic heterocycles. The first-order valence-corrected chi connectivity index (χ1v) is 7.83. The van der Waals surface area contributed by atoms with Gasteiger partial charge in [-0.2, -0.15) is 0 Å². The van der Waals surface area contributed by atoms with Gasteiger partial charge in [0.25, 0.3) is 0 Å². The van der Waals surface area contributed by atoms with Crippen LogP contribution in [0.1, 0.15) is 37.3 Å². The number of benzene rings is 1. The summed E-state index contributed by atoms with van der Waals surface area (Å²) in [5, 5.41) is 0. The Labute approximate surface area is 126 Å². The molecule has 4 nitrogen and oxygen atoms in total. The largest absolute Gasteiger partial charge is 0.492 e. The molecule has 1 unspecified atom stereocenters. The highest BCUT2D eigenvalue weighted by Gasteiger charge is 2.20. The molecule has 1 atom stereocenters. The van der Waals surface area contributed by atoms with Gasteiger partial charge in [-0.1, -0.05) is 6.07 Å². The van der Waals surface area contributed by atoms with Crippen LogP contribution in [0, 0.1) is 5.92 Å². The van der Waals surface area contributed by atoms with Crippen LogP contribution in [-0.2, 0) is 22.4 Å². The molecule has 0 amide bonds. The van der Waals surface area contributed by atoms with E-state index < -0.39 is 0 Å². The summed E-state index contributed by atoms with van der Waals surface area (Å²) in [6, 6.07) is 6.27. The van der Waals surface area contributed by atoms with Crippen LogP contribution in [0.25, 0.3) is 0 Å². The molecule has 1 aromatic carbocycles. The molecule has 116 valence electrons. The molecule has 2 rings (SSSR count). The van der Waals surface area contributed by atoms with Gasteiger partial charge >= 0.3 is 5.97 Å². The fourth-order valence-corrected chi connectivity index (χ4v) is 2.93. The molecule has 0 spiro atoms. The van der Waals surface area contributed by atoms with E-state index in [-0.39, 0.29) is 5.97 Å². The third kappa shape index (κ3) is 4.74. The topological polar surface area (TPSA) is 61.5 Å². The van der Waals surface area contributed by atoms with Gasteiger partial charge in [-0.3, -0.25) is 4.79 Å². The maximum Gasteiger partial charge on any atom is 0.306 e. The zero-order chi connectivity index (χ0) is 15.1. The van der Waals surface area contributed by atoms with Crippen molar-refractivity contribution in [3.63, 3.8) is 0 Å². The summed E-state index contributed by atoms with van der Waals surface area (Å²) in [5.41, 5.74) is 8.15. The second kappa shape index (κ2) is 8.03. The Kier molecular flexibility index (Phi) is 6.05. The van der Waals surface area contributed by atoms with Crippen LogP contribution < -0.4 is 10.5 Å². The molecule has 21 heavy (non-hydrogen) atoms. The van der Waals surface area contributed by atoms with Crippen LogP contribution in [0.5, 0.6) is 5.75 Å². The van der Waals surface area contributed by atoms with Gasteiger partial charge in [0.2, 0.25) is 0 Å². The minimum Gasteiger partial charge on any atom is -0.492 e. The van der Waals surface area contributed by atoms with Gasteiger partial charge in [0.15, 0.2) is 0 Å². The van der Waals surface area contributed by atoms with E-state index in [9.17, 15) is 4.79 Å². The summed E-state index contributed by atoms with van der Waals surface area (Å²) in [5.74, 6) is 1.16. The maximum absolute atomic E-state index is 11.7. The molecule has 4 heteroatoms. The SMILES string of the molecule is CCOC(=O)CC1CCCc2ccc(OCCN)cc2C1. The van der Waals surface area contributed by atoms with Crippen molar-refractivity contribution in [2.45, 2.75) is 39.0 Å². The van der Waals surface area contributed by atoms with Crippen LogP contribution in [-0.4, -0.2) is 25.7 Å². The third-order valence-electron chi connectivity index (χ3n) is 3.89. The van der Waals surface area contributed by atoms with Crippen molar-refractivity contribution < 1.29 is 14.3 Å². The molecule has 2 N–H and O–H groups in total. The molecule has 0 saturated heterocycles. The number of carbonyl (C=O) groups excluding carboxylic acids is 1. The average Bonchev–Trinajstić information content (AvgIpc) is 2.66. The van der Waals surface area contributed by atoms with Crippen LogP contribution in [0.4, 0.5) is 0 Å². The third-order valence-corrected chi connectivity index (χ3v) is 3.89. The van der Waals surface area contributed by atoms with Gasteiger partial charge in [-0.15, -0.1) is 0 Å². The molecule has 1 aliphatic carbocycles. The van der Waals surface area contributed by atoms with E-state index in [4.69, 9.17) is 15.2 Å². The number of esters is 1. The average molecular weight is 291 g/mol. The number of ether oxygens (including phenoxy) is 2. The van der Waals surface area contributed by atoms with E-state index in [1.807, 2.05) is 13.0 Å². The predicted octanol–water partition coefficient (Wildman–Crippen LogP) is 2.47. The summed E-state index contributed by atoms with van der Waals surface area (Å²) >= 11 is 0. The molecule has 0 heterocycles. The zero-order valence-corrected chi connectivity index (χ0v) is 12.8. The summed E-state index contributed by atoms with van der Waals surface area (Å²) in [4.78, 5) is 11.7. The van der Waals surface area contributed by atoms with Crippen LogP contribution in [0.3, 0.4) is 0 Å². The maximum atomic E-state index is 11.7. The number of fused-ring (bicyclic) bond motifs is 1. The van der Waals surface area contributed by atoms with Crippen molar-refractivity contribution in [2.75, 3.05) is 19.8 Å². The Hall–Kier alpha value is -1.55. The second-order valence-electron chi connectivity index (χ2n) is 5.54. The number of nitrogens with two attached hydrogens (primary N) is 1. The van der Waals surface area contributed by atoms with Crippen molar-refractivity contribution in [1.82, 2.24) is 0 Å². The summed E-state index contributed by atoms with van der Waals surface area (Å²) in [7, 11) is 0. The molecule has 0 bridgehead atoms. The Bertz CT molecular complexity index is 473. The molecule has 1 aromatic rings. The van der Waals surface area contributed by atoms with Gasteiger partial charge in [0, 0.05) is 13.0 Å². The molecule has 0 fully saturated rings. The van der Waals surface area contributed by atoms with Gasteiger partial charge in [0.05, 0.1) is 6.61 Å². The fourth-order valence-electron chi connectivity index (χ4n) is 2.93. The first-order chi connectivity index (χ1) is 10.2. The number of rotatable bonds is 6. The normalized spacial score (nSPS) is 17.7. The van der Waals surface area contributed by atoms with E-state index in [1.165, 1.54) is 11.1 Å². The smallest absolute Gasteiger partial charge is 0.306 e. The quantitative estimate of drug-likeness (QED) is 0.646. The minimum atomic E-state index is -0.0820. The summed E-state index contributed by atoms with van der Waals surface area (Å²) < 4.78 is 10.7. The van der Waals surface area contributed by atoms with E-state index >= 15 is 0 Å². The molecule has 1 aliphatic rings. The van der Waals surface area contributed by atoms with Gasteiger partial charge in [0.1, 0.15) is 12.4 Å². The molecular weight excluding hydrogens is 266 g/mol. The molecule has 0 aliphatic heterocycles. The first kappa shape index (κ1) is 15.8. The van der Waals surface area contributed by atoms with Crippen LogP contribution in [0.15, 0.2) is 18.2 Å². The van der Waals surface area contributed by atoms with E-state index in [0.717, 1.165) is 31.4 Å². The van der Waals surface area contributed by atoms with Crippen molar-refractivity contribution in [2.24, 2.45) is 11.7 Å². The van der Waals surface area contributed by atoms with E-state index in [1.54, 1.807) is 0 Å². The Morgan fingerprint density at radius 3 is 3.00 bits per heavy atom. The van der Waals surface area contributed by atoms with Crippen LogP contribution in [0.2, 0.25) is 0 Å². The number of hydrogen-bond donors (Lipinski definition) is 1. The molecule has 0 radical (unpaired) electrons. The summed E-state index contributed by atoms with van der Waals surface area (Å²) in [6.07, 6.45) is 4.72. The van der Waals surface area contributed by atoms with Gasteiger partial charge in [-0.25, -0.2) is 0 Å². The second-order valence-corrected chi connectivity index (χ2v) is 5.54. The standard InChI is InChI=1S/C17H25NO3/c1-2-20-17(19)11-13-4-3-5-14-6-7-16(21-9-8-18)12-15(14)10-13/h6-7,12-13H,2-5,8-11,18H2,1H3. The van der Waals surface area contributed by atoms with Crippen molar-refractivity contribution in [3.8, 4) is 5.75 Å². The minimum absolute atomic E-state index is 0.0820. The monoisotopic (exact) mass is 291 g/mol. The van der Waals surface area contributed by atoms with Crippen molar-refractivity contribution in [1.29, 1.82) is 0 Å². The zero-order valence-electron chi connectivity index (χ0n) is 12.8. The lowest BCUT2D eigenvalue weighted by molar-refractivity contribution is -0.144. The molecular formula is C17H25NO3. The van der Waals surface area contributed by atoms with E-state index in [2.05, 4.69) is 12.1 Å². The highest BCUT2D eigenvalue weighted by atomic mass is 16.5. The number of aryl methyl sites for hydroxylation is 1. The van der Waals surface area contributed by atoms with Crippen molar-refractivity contribution >= 4 is 5.97 Å². The number of carbonyl (C=O) groups is 1. The van der Waals surface area contributed by atoms with E-state index in [0.29, 0.717) is 32.1 Å². The highest BCUT2D eigenvalue weighted by molar-refractivity contribution is 5.69. The Morgan fingerprint density at radius 1 is 1.38 bits per heavy atom. The lowest BCUT2D eigenvalue weighted by atomic mass is 9.94. The van der Waals surface area contributed by atoms with Crippen LogP contribution >= 0.6 is 0 Å². The summed E-state index contributed by atoms with van der Waals surface area (Å²) in [6.45, 7) is 3.36. The van der Waals surface area contributed by atoms with Gasteiger partial charge < -0.3 is 15.2 Å². The first-order valence-electron chi connectivity index (χ1n) is 7.83. The Balaban J connectivity index is 2.04.